The van der Waals surface area contributed by atoms with Gasteiger partial charge in [-0.05, 0) is 36.5 Å². The molecule has 0 saturated heterocycles. The molecule has 0 aliphatic carbocycles. The van der Waals surface area contributed by atoms with Crippen molar-refractivity contribution < 1.29 is 17.6 Å². The molecule has 3 nitrogen and oxygen atoms in total. The van der Waals surface area contributed by atoms with Crippen LogP contribution in [-0.2, 0) is 6.18 Å². The molecule has 0 amide bonds. The summed E-state index contributed by atoms with van der Waals surface area (Å²) in [6.07, 6.45) is -4.63. The average Bonchev–Trinajstić information content (AvgIpc) is 2.36. The van der Waals surface area contributed by atoms with Crippen molar-refractivity contribution in [1.82, 2.24) is 9.97 Å². The van der Waals surface area contributed by atoms with Crippen LogP contribution in [0.25, 0.3) is 11.3 Å². The maximum atomic E-state index is 13.3. The monoisotopic (exact) mass is 299 g/mol. The second-order valence-corrected chi connectivity index (χ2v) is 4.21. The number of aromatic amines is 1. The Morgan fingerprint density at radius 1 is 1.20 bits per heavy atom. The molecule has 1 N–H and O–H groups in total. The highest BCUT2D eigenvalue weighted by Gasteiger charge is 2.32. The Kier molecular flexibility index (Phi) is 3.55. The molecule has 1 aromatic carbocycles. The number of hydrogen-bond donors (Lipinski definition) is 1. The van der Waals surface area contributed by atoms with E-state index in [0.29, 0.717) is 6.07 Å². The Labute approximate surface area is 115 Å². The molecule has 0 aliphatic rings. The highest BCUT2D eigenvalue weighted by molar-refractivity contribution is 7.71. The number of rotatable bonds is 1. The minimum absolute atomic E-state index is 0.0193. The Morgan fingerprint density at radius 3 is 2.50 bits per heavy atom. The summed E-state index contributed by atoms with van der Waals surface area (Å²) in [6.45, 7) is 0. The lowest BCUT2D eigenvalue weighted by atomic mass is 10.1. The fourth-order valence-electron chi connectivity index (χ4n) is 1.56. The van der Waals surface area contributed by atoms with Crippen LogP contribution in [0.4, 0.5) is 17.6 Å². The molecule has 20 heavy (non-hydrogen) atoms. The van der Waals surface area contributed by atoms with Gasteiger partial charge in [0, 0.05) is 5.56 Å². The number of halogens is 4. The van der Waals surface area contributed by atoms with Crippen molar-refractivity contribution in [1.29, 1.82) is 5.26 Å². The van der Waals surface area contributed by atoms with Crippen molar-refractivity contribution in [3.05, 3.63) is 46.1 Å². The Balaban J connectivity index is 2.65. The zero-order valence-electron chi connectivity index (χ0n) is 9.62. The fraction of sp³-hybridized carbons (Fsp3) is 0.0833. The fourth-order valence-corrected chi connectivity index (χ4v) is 1.77. The van der Waals surface area contributed by atoms with Gasteiger partial charge in [-0.3, -0.25) is 0 Å². The highest BCUT2D eigenvalue weighted by Crippen LogP contribution is 2.30. The van der Waals surface area contributed by atoms with Crippen molar-refractivity contribution in [2.45, 2.75) is 6.18 Å². The molecule has 0 atom stereocenters. The van der Waals surface area contributed by atoms with Gasteiger partial charge in [0.05, 0.1) is 17.3 Å². The van der Waals surface area contributed by atoms with Crippen LogP contribution in [-0.4, -0.2) is 9.97 Å². The van der Waals surface area contributed by atoms with Gasteiger partial charge in [-0.15, -0.1) is 0 Å². The van der Waals surface area contributed by atoms with Gasteiger partial charge >= 0.3 is 6.18 Å². The summed E-state index contributed by atoms with van der Waals surface area (Å²) in [6, 6.07) is 5.62. The molecule has 102 valence electrons. The molecule has 1 aromatic heterocycles. The number of aromatic nitrogens is 2. The molecule has 0 fully saturated rings. The van der Waals surface area contributed by atoms with E-state index in [4.69, 9.17) is 5.26 Å². The second kappa shape index (κ2) is 5.02. The zero-order chi connectivity index (χ0) is 14.9. The summed E-state index contributed by atoms with van der Waals surface area (Å²) in [4.78, 5) is 5.64. The van der Waals surface area contributed by atoms with Gasteiger partial charge in [0.1, 0.15) is 11.5 Å². The molecular formula is C12H5F4N3S. The lowest BCUT2D eigenvalue weighted by Crippen LogP contribution is -2.09. The molecular weight excluding hydrogens is 294 g/mol. The van der Waals surface area contributed by atoms with Crippen LogP contribution < -0.4 is 0 Å². The topological polar surface area (TPSA) is 52.5 Å². The summed E-state index contributed by atoms with van der Waals surface area (Å²) in [5, 5.41) is 8.73. The maximum absolute atomic E-state index is 13.3. The van der Waals surface area contributed by atoms with E-state index in [-0.39, 0.29) is 21.6 Å². The van der Waals surface area contributed by atoms with E-state index >= 15 is 0 Å². The molecule has 0 unspecified atom stereocenters. The smallest absolute Gasteiger partial charge is 0.327 e. The van der Waals surface area contributed by atoms with Crippen LogP contribution in [0, 0.1) is 21.9 Å². The standard InChI is InChI=1S/C12H5F4N3S/c13-8-2-6(5-17)1-7(3-8)9-4-10(12(14,15)16)19-11(20)18-9/h1-4H,(H,18,19,20). The summed E-state index contributed by atoms with van der Waals surface area (Å²) in [7, 11) is 0. The number of benzene rings is 1. The second-order valence-electron chi connectivity index (χ2n) is 3.82. The van der Waals surface area contributed by atoms with Gasteiger partial charge in [0.25, 0.3) is 0 Å². The first kappa shape index (κ1) is 14.1. The van der Waals surface area contributed by atoms with Gasteiger partial charge in [-0.1, -0.05) is 0 Å². The summed E-state index contributed by atoms with van der Waals surface area (Å²) in [5.41, 5.74) is -1.21. The third-order valence-electron chi connectivity index (χ3n) is 2.37. The van der Waals surface area contributed by atoms with Crippen molar-refractivity contribution in [2.75, 3.05) is 0 Å². The number of hydrogen-bond acceptors (Lipinski definition) is 3. The largest absolute Gasteiger partial charge is 0.431 e. The van der Waals surface area contributed by atoms with Gasteiger partial charge in [-0.25, -0.2) is 9.37 Å². The Morgan fingerprint density at radius 2 is 1.90 bits per heavy atom. The number of nitrogens with zero attached hydrogens (tertiary/aromatic N) is 2. The van der Waals surface area contributed by atoms with Gasteiger partial charge in [-0.2, -0.15) is 18.4 Å². The van der Waals surface area contributed by atoms with E-state index in [1.54, 1.807) is 6.07 Å². The average molecular weight is 299 g/mol. The van der Waals surface area contributed by atoms with Crippen LogP contribution in [0.1, 0.15) is 11.3 Å². The molecule has 1 heterocycles. The summed E-state index contributed by atoms with van der Waals surface area (Å²) in [5.74, 6) is -0.742. The minimum Gasteiger partial charge on any atom is -0.327 e. The van der Waals surface area contributed by atoms with E-state index in [1.807, 2.05) is 4.98 Å². The first-order valence-electron chi connectivity index (χ1n) is 5.19. The van der Waals surface area contributed by atoms with E-state index in [1.165, 1.54) is 6.07 Å². The molecule has 0 bridgehead atoms. The van der Waals surface area contributed by atoms with Crippen LogP contribution in [0.5, 0.6) is 0 Å². The van der Waals surface area contributed by atoms with Gasteiger partial charge < -0.3 is 4.98 Å². The Hall–Kier alpha value is -2.27. The third kappa shape index (κ3) is 3.00. The van der Waals surface area contributed by atoms with Crippen molar-refractivity contribution in [3.63, 3.8) is 0 Å². The third-order valence-corrected chi connectivity index (χ3v) is 2.57. The Bertz CT molecular complexity index is 759. The SMILES string of the molecule is N#Cc1cc(F)cc(-c2cc(C(F)(F)F)[nH]c(=S)n2)c1. The first-order chi connectivity index (χ1) is 9.29. The quantitative estimate of drug-likeness (QED) is 0.643. The molecule has 0 aliphatic heterocycles. The van der Waals surface area contributed by atoms with Crippen molar-refractivity contribution in [3.8, 4) is 17.3 Å². The van der Waals surface area contributed by atoms with Crippen molar-refractivity contribution >= 4 is 12.2 Å². The molecule has 8 heteroatoms. The maximum Gasteiger partial charge on any atom is 0.431 e. The molecule has 0 spiro atoms. The number of nitrogens with one attached hydrogen (secondary N) is 1. The van der Waals surface area contributed by atoms with Crippen molar-refractivity contribution in [2.24, 2.45) is 0 Å². The predicted molar refractivity (Wildman–Crippen MR) is 64.5 cm³/mol. The minimum atomic E-state index is -4.63. The summed E-state index contributed by atoms with van der Waals surface area (Å²) >= 11 is 4.62. The number of alkyl halides is 3. The van der Waals surface area contributed by atoms with Crippen LogP contribution >= 0.6 is 12.2 Å². The zero-order valence-corrected chi connectivity index (χ0v) is 10.4. The van der Waals surface area contributed by atoms with E-state index < -0.39 is 17.7 Å². The van der Waals surface area contributed by atoms with E-state index in [9.17, 15) is 17.6 Å². The van der Waals surface area contributed by atoms with Gasteiger partial charge in [0.15, 0.2) is 4.77 Å². The first-order valence-corrected chi connectivity index (χ1v) is 5.60. The van der Waals surface area contributed by atoms with E-state index in [0.717, 1.165) is 12.1 Å². The number of H-pyrrole nitrogens is 1. The van der Waals surface area contributed by atoms with E-state index in [2.05, 4.69) is 17.2 Å². The predicted octanol–water partition coefficient (Wildman–Crippen LogP) is 3.84. The molecule has 2 rings (SSSR count). The highest BCUT2D eigenvalue weighted by atomic mass is 32.1. The van der Waals surface area contributed by atoms with Crippen LogP contribution in [0.15, 0.2) is 24.3 Å². The molecule has 0 saturated carbocycles. The van der Waals surface area contributed by atoms with Crippen LogP contribution in [0.2, 0.25) is 0 Å². The van der Waals surface area contributed by atoms with Gasteiger partial charge in [0.2, 0.25) is 0 Å². The molecule has 2 aromatic rings. The normalized spacial score (nSPS) is 11.2. The molecule has 0 radical (unpaired) electrons. The van der Waals surface area contributed by atoms with Crippen LogP contribution in [0.3, 0.4) is 0 Å². The lowest BCUT2D eigenvalue weighted by Gasteiger charge is -2.08. The number of nitriles is 1. The lowest BCUT2D eigenvalue weighted by molar-refractivity contribution is -0.141. The summed E-state index contributed by atoms with van der Waals surface area (Å²) < 4.78 is 50.9.